The Bertz CT molecular complexity index is 460. The fourth-order valence-corrected chi connectivity index (χ4v) is 2.83. The SMILES string of the molecule is CCCN1CCC(CNC(=NC)NCc2ncnn2C)CC1. The van der Waals surface area contributed by atoms with Crippen LogP contribution in [0.5, 0.6) is 0 Å². The van der Waals surface area contributed by atoms with Crippen molar-refractivity contribution in [1.29, 1.82) is 0 Å². The summed E-state index contributed by atoms with van der Waals surface area (Å²) in [7, 11) is 3.69. The van der Waals surface area contributed by atoms with Gasteiger partial charge in [0.15, 0.2) is 5.96 Å². The molecule has 7 nitrogen and oxygen atoms in total. The van der Waals surface area contributed by atoms with E-state index in [0.717, 1.165) is 24.2 Å². The minimum absolute atomic E-state index is 0.630. The third kappa shape index (κ3) is 4.98. The third-order valence-corrected chi connectivity index (χ3v) is 4.25. The van der Waals surface area contributed by atoms with Crippen molar-refractivity contribution in [1.82, 2.24) is 30.3 Å². The van der Waals surface area contributed by atoms with Gasteiger partial charge in [0, 0.05) is 20.6 Å². The van der Waals surface area contributed by atoms with E-state index in [4.69, 9.17) is 0 Å². The number of guanidine groups is 1. The lowest BCUT2D eigenvalue weighted by Gasteiger charge is -2.32. The minimum atomic E-state index is 0.630. The van der Waals surface area contributed by atoms with Crippen LogP contribution in [0.1, 0.15) is 32.0 Å². The lowest BCUT2D eigenvalue weighted by Crippen LogP contribution is -2.43. The van der Waals surface area contributed by atoms with Crippen molar-refractivity contribution in [2.75, 3.05) is 33.2 Å². The number of nitrogens with one attached hydrogen (secondary N) is 2. The Morgan fingerprint density at radius 2 is 2.14 bits per heavy atom. The number of rotatable bonds is 6. The summed E-state index contributed by atoms with van der Waals surface area (Å²) >= 11 is 0. The van der Waals surface area contributed by atoms with Gasteiger partial charge in [0.2, 0.25) is 0 Å². The van der Waals surface area contributed by atoms with Gasteiger partial charge >= 0.3 is 0 Å². The summed E-state index contributed by atoms with van der Waals surface area (Å²) in [6.07, 6.45) is 5.36. The van der Waals surface area contributed by atoms with Crippen molar-refractivity contribution in [2.45, 2.75) is 32.7 Å². The Labute approximate surface area is 133 Å². The summed E-state index contributed by atoms with van der Waals surface area (Å²) in [4.78, 5) is 11.0. The Morgan fingerprint density at radius 3 is 2.73 bits per heavy atom. The van der Waals surface area contributed by atoms with Crippen LogP contribution >= 0.6 is 0 Å². The molecule has 0 radical (unpaired) electrons. The number of hydrogen-bond acceptors (Lipinski definition) is 4. The number of aromatic nitrogens is 3. The number of nitrogens with zero attached hydrogens (tertiary/aromatic N) is 5. The van der Waals surface area contributed by atoms with Crippen LogP contribution < -0.4 is 10.6 Å². The molecule has 0 unspecified atom stereocenters. The number of hydrogen-bond donors (Lipinski definition) is 2. The highest BCUT2D eigenvalue weighted by atomic mass is 15.3. The van der Waals surface area contributed by atoms with Crippen LogP contribution in [0.4, 0.5) is 0 Å². The van der Waals surface area contributed by atoms with Crippen LogP contribution in [-0.4, -0.2) is 58.9 Å². The highest BCUT2D eigenvalue weighted by molar-refractivity contribution is 5.79. The molecule has 2 heterocycles. The minimum Gasteiger partial charge on any atom is -0.356 e. The first kappa shape index (κ1) is 16.7. The van der Waals surface area contributed by atoms with Gasteiger partial charge in [-0.25, -0.2) is 4.98 Å². The third-order valence-electron chi connectivity index (χ3n) is 4.25. The maximum Gasteiger partial charge on any atom is 0.191 e. The van der Waals surface area contributed by atoms with Gasteiger partial charge in [-0.05, 0) is 44.8 Å². The second kappa shape index (κ2) is 8.73. The van der Waals surface area contributed by atoms with Crippen LogP contribution in [-0.2, 0) is 13.6 Å². The molecule has 124 valence electrons. The lowest BCUT2D eigenvalue weighted by molar-refractivity contribution is 0.185. The van der Waals surface area contributed by atoms with Gasteiger partial charge in [0.05, 0.1) is 6.54 Å². The highest BCUT2D eigenvalue weighted by Gasteiger charge is 2.18. The van der Waals surface area contributed by atoms with Crippen LogP contribution in [0.15, 0.2) is 11.3 Å². The zero-order chi connectivity index (χ0) is 15.8. The smallest absolute Gasteiger partial charge is 0.191 e. The predicted molar refractivity (Wildman–Crippen MR) is 88.7 cm³/mol. The molecule has 1 aliphatic heterocycles. The zero-order valence-electron chi connectivity index (χ0n) is 14.0. The Kier molecular flexibility index (Phi) is 6.64. The fraction of sp³-hybridized carbons (Fsp3) is 0.800. The van der Waals surface area contributed by atoms with E-state index in [1.807, 2.05) is 7.05 Å². The second-order valence-corrected chi connectivity index (χ2v) is 5.89. The van der Waals surface area contributed by atoms with E-state index in [1.165, 1.54) is 38.9 Å². The molecular weight excluding hydrogens is 278 g/mol. The Hall–Kier alpha value is -1.63. The molecule has 1 aliphatic rings. The van der Waals surface area contributed by atoms with Crippen molar-refractivity contribution < 1.29 is 0 Å². The predicted octanol–water partition coefficient (Wildman–Crippen LogP) is 0.602. The second-order valence-electron chi connectivity index (χ2n) is 5.89. The molecule has 0 atom stereocenters. The maximum absolute atomic E-state index is 4.27. The van der Waals surface area contributed by atoms with Crippen LogP contribution in [0.2, 0.25) is 0 Å². The van der Waals surface area contributed by atoms with Gasteiger partial charge in [0.1, 0.15) is 12.2 Å². The van der Waals surface area contributed by atoms with Crippen molar-refractivity contribution in [3.63, 3.8) is 0 Å². The summed E-state index contributed by atoms with van der Waals surface area (Å²) < 4.78 is 1.77. The zero-order valence-corrected chi connectivity index (χ0v) is 14.0. The molecule has 0 bridgehead atoms. The number of piperidine rings is 1. The summed E-state index contributed by atoms with van der Waals surface area (Å²) in [6, 6.07) is 0. The molecule has 0 spiro atoms. The highest BCUT2D eigenvalue weighted by Crippen LogP contribution is 2.16. The number of aliphatic imine (C=N–C) groups is 1. The van der Waals surface area contributed by atoms with E-state index in [1.54, 1.807) is 18.1 Å². The van der Waals surface area contributed by atoms with Gasteiger partial charge in [0.25, 0.3) is 0 Å². The molecule has 7 heteroatoms. The van der Waals surface area contributed by atoms with Gasteiger partial charge in [-0.2, -0.15) is 5.10 Å². The van der Waals surface area contributed by atoms with Gasteiger partial charge in [-0.3, -0.25) is 9.67 Å². The number of likely N-dealkylation sites (tertiary alicyclic amines) is 1. The van der Waals surface area contributed by atoms with E-state index in [-0.39, 0.29) is 0 Å². The Balaban J connectivity index is 1.68. The molecule has 1 aromatic heterocycles. The van der Waals surface area contributed by atoms with E-state index in [2.05, 4.69) is 37.5 Å². The molecule has 1 aromatic rings. The van der Waals surface area contributed by atoms with E-state index < -0.39 is 0 Å². The first-order valence-electron chi connectivity index (χ1n) is 8.22. The quantitative estimate of drug-likeness (QED) is 0.595. The van der Waals surface area contributed by atoms with E-state index in [0.29, 0.717) is 6.54 Å². The van der Waals surface area contributed by atoms with Crippen molar-refractivity contribution in [3.05, 3.63) is 12.2 Å². The van der Waals surface area contributed by atoms with Crippen LogP contribution in [0.25, 0.3) is 0 Å². The first-order chi connectivity index (χ1) is 10.7. The van der Waals surface area contributed by atoms with Crippen molar-refractivity contribution in [3.8, 4) is 0 Å². The molecule has 0 saturated carbocycles. The largest absolute Gasteiger partial charge is 0.356 e. The van der Waals surface area contributed by atoms with Crippen LogP contribution in [0, 0.1) is 5.92 Å². The van der Waals surface area contributed by atoms with Gasteiger partial charge in [-0.15, -0.1) is 0 Å². The topological polar surface area (TPSA) is 70.4 Å². The summed E-state index contributed by atoms with van der Waals surface area (Å²) in [6.45, 7) is 7.56. The lowest BCUT2D eigenvalue weighted by atomic mass is 9.97. The molecule has 22 heavy (non-hydrogen) atoms. The van der Waals surface area contributed by atoms with Gasteiger partial charge < -0.3 is 15.5 Å². The van der Waals surface area contributed by atoms with Gasteiger partial charge in [-0.1, -0.05) is 6.92 Å². The van der Waals surface area contributed by atoms with Crippen molar-refractivity contribution >= 4 is 5.96 Å². The van der Waals surface area contributed by atoms with Crippen LogP contribution in [0.3, 0.4) is 0 Å². The van der Waals surface area contributed by atoms with E-state index in [9.17, 15) is 0 Å². The molecule has 0 aromatic carbocycles. The summed E-state index contributed by atoms with van der Waals surface area (Å²) in [5, 5.41) is 10.8. The maximum atomic E-state index is 4.27. The summed E-state index contributed by atoms with van der Waals surface area (Å²) in [5.74, 6) is 2.47. The average molecular weight is 307 g/mol. The molecular formula is C15H29N7. The molecule has 2 N–H and O–H groups in total. The Morgan fingerprint density at radius 1 is 1.36 bits per heavy atom. The number of aryl methyl sites for hydroxylation is 1. The monoisotopic (exact) mass is 307 g/mol. The van der Waals surface area contributed by atoms with Crippen molar-refractivity contribution in [2.24, 2.45) is 18.0 Å². The average Bonchev–Trinajstić information content (AvgIpc) is 2.94. The molecule has 1 saturated heterocycles. The molecule has 0 amide bonds. The van der Waals surface area contributed by atoms with E-state index >= 15 is 0 Å². The molecule has 2 rings (SSSR count). The summed E-state index contributed by atoms with van der Waals surface area (Å²) in [5.41, 5.74) is 0. The standard InChI is InChI=1S/C15H29N7/c1-4-7-22-8-5-13(6-9-22)10-17-15(16-2)18-11-14-19-12-20-21(14)3/h12-13H,4-11H2,1-3H3,(H2,16,17,18). The molecule has 0 aliphatic carbocycles. The normalized spacial score (nSPS) is 17.7. The first-order valence-corrected chi connectivity index (χ1v) is 8.22. The fourth-order valence-electron chi connectivity index (χ4n) is 2.83. The molecule has 1 fully saturated rings.